The molecular formula is C39H54O8. The molecule has 5 atom stereocenters. The predicted molar refractivity (Wildman–Crippen MR) is 184 cm³/mol. The van der Waals surface area contributed by atoms with Crippen molar-refractivity contribution in [3.8, 4) is 11.5 Å². The van der Waals surface area contributed by atoms with Gasteiger partial charge in [-0.3, -0.25) is 14.4 Å². The molecule has 0 aromatic heterocycles. The monoisotopic (exact) mass is 650 g/mol. The quantitative estimate of drug-likeness (QED) is 0.0453. The molecule has 0 spiro atoms. The second-order valence-corrected chi connectivity index (χ2v) is 15.3. The highest BCUT2D eigenvalue weighted by atomic mass is 16.5. The Balaban J connectivity index is 2.47. The molecule has 2 bridgehead atoms. The number of aliphatic hydroxyl groups is 2. The first-order chi connectivity index (χ1) is 21.6. The molecule has 2 saturated carbocycles. The fourth-order valence-electron chi connectivity index (χ4n) is 7.39. The topological polar surface area (TPSA) is 141 Å². The number of methoxy groups -OCH3 is 1. The highest BCUT2D eigenvalue weighted by Crippen LogP contribution is 2.66. The van der Waals surface area contributed by atoms with E-state index in [-0.39, 0.29) is 37.2 Å². The summed E-state index contributed by atoms with van der Waals surface area (Å²) in [5.41, 5.74) is -3.29. The lowest BCUT2D eigenvalue weighted by Crippen LogP contribution is -2.70. The molecule has 8 nitrogen and oxygen atoms in total. The molecule has 3 rings (SSSR count). The second kappa shape index (κ2) is 13.6. The summed E-state index contributed by atoms with van der Waals surface area (Å²) in [5, 5.41) is 43.3. The third-order valence-electron chi connectivity index (χ3n) is 11.1. The van der Waals surface area contributed by atoms with E-state index in [1.54, 1.807) is 13.8 Å². The molecule has 2 fully saturated rings. The van der Waals surface area contributed by atoms with E-state index >= 15 is 9.59 Å². The first-order valence-corrected chi connectivity index (χ1v) is 16.4. The number of ketones is 3. The lowest BCUT2D eigenvalue weighted by molar-refractivity contribution is -0.181. The van der Waals surface area contributed by atoms with Crippen molar-refractivity contribution in [2.75, 3.05) is 7.11 Å². The molecule has 1 aromatic carbocycles. The summed E-state index contributed by atoms with van der Waals surface area (Å²) in [6.07, 6.45) is 3.71. The number of aromatic hydroxyl groups is 2. The van der Waals surface area contributed by atoms with Gasteiger partial charge in [0.2, 0.25) is 0 Å². The SMILES string of the molecule is C=C(C)C(CC=C(C)C)C[C@@]12C[C@@H](C[C@H](O)C(C)(C)OC)C(C)(C)[C@@](CC=C(C)C)(C(=O)C(=C(O)c3ccc(O)c(O)c3)C1=O)C2=O. The number of Topliss-reactive ketones (excluding diaryl/α,β-unsaturated/α-hetero) is 3. The van der Waals surface area contributed by atoms with Gasteiger partial charge in [-0.2, -0.15) is 0 Å². The summed E-state index contributed by atoms with van der Waals surface area (Å²) in [5.74, 6) is -4.40. The largest absolute Gasteiger partial charge is 0.506 e. The number of rotatable bonds is 12. The summed E-state index contributed by atoms with van der Waals surface area (Å²) >= 11 is 0. The maximum absolute atomic E-state index is 15.3. The van der Waals surface area contributed by atoms with Crippen LogP contribution < -0.4 is 0 Å². The Bertz CT molecular complexity index is 1530. The van der Waals surface area contributed by atoms with Crippen LogP contribution in [0.2, 0.25) is 0 Å². The number of benzene rings is 1. The van der Waals surface area contributed by atoms with Crippen LogP contribution in [0, 0.1) is 28.1 Å². The van der Waals surface area contributed by atoms with Crippen molar-refractivity contribution in [1.29, 1.82) is 0 Å². The number of phenolic OH excluding ortho intramolecular Hbond substituents is 2. The van der Waals surface area contributed by atoms with Crippen molar-refractivity contribution < 1.29 is 39.5 Å². The molecular weight excluding hydrogens is 596 g/mol. The van der Waals surface area contributed by atoms with Crippen LogP contribution in [-0.4, -0.2) is 56.6 Å². The minimum Gasteiger partial charge on any atom is -0.506 e. The third-order valence-corrected chi connectivity index (χ3v) is 11.1. The van der Waals surface area contributed by atoms with Gasteiger partial charge in [0.25, 0.3) is 0 Å². The van der Waals surface area contributed by atoms with Crippen LogP contribution >= 0.6 is 0 Å². The number of phenols is 2. The number of aliphatic hydroxyl groups excluding tert-OH is 2. The molecule has 4 N–H and O–H groups in total. The van der Waals surface area contributed by atoms with E-state index in [1.807, 2.05) is 60.6 Å². The first kappa shape index (κ1) is 38.0. The number of ether oxygens (including phenoxy) is 1. The molecule has 47 heavy (non-hydrogen) atoms. The van der Waals surface area contributed by atoms with E-state index in [2.05, 4.69) is 6.58 Å². The van der Waals surface area contributed by atoms with Gasteiger partial charge >= 0.3 is 0 Å². The normalized spacial score (nSPS) is 26.4. The Morgan fingerprint density at radius 2 is 1.62 bits per heavy atom. The van der Waals surface area contributed by atoms with Gasteiger partial charge in [-0.05, 0) is 116 Å². The fraction of sp³-hybridized carbons (Fsp3) is 0.564. The average Bonchev–Trinajstić information content (AvgIpc) is 2.97. The van der Waals surface area contributed by atoms with Crippen LogP contribution in [0.25, 0.3) is 5.76 Å². The van der Waals surface area contributed by atoms with Crippen LogP contribution in [0.5, 0.6) is 11.5 Å². The molecule has 1 unspecified atom stereocenters. The zero-order valence-electron chi connectivity index (χ0n) is 29.8. The first-order valence-electron chi connectivity index (χ1n) is 16.4. The number of carbonyl (C=O) groups excluding carboxylic acids is 3. The zero-order chi connectivity index (χ0) is 35.9. The molecule has 258 valence electrons. The smallest absolute Gasteiger partial charge is 0.184 e. The number of hydrogen-bond donors (Lipinski definition) is 4. The summed E-state index contributed by atoms with van der Waals surface area (Å²) in [7, 11) is 1.51. The summed E-state index contributed by atoms with van der Waals surface area (Å²) in [6, 6.07) is 3.56. The van der Waals surface area contributed by atoms with E-state index in [0.717, 1.165) is 28.9 Å². The van der Waals surface area contributed by atoms with E-state index in [0.29, 0.717) is 6.42 Å². The maximum Gasteiger partial charge on any atom is 0.184 e. The van der Waals surface area contributed by atoms with Gasteiger partial charge in [0, 0.05) is 12.7 Å². The Labute approximate surface area is 279 Å². The maximum atomic E-state index is 15.3. The van der Waals surface area contributed by atoms with Crippen LogP contribution in [0.1, 0.15) is 100.0 Å². The van der Waals surface area contributed by atoms with Crippen molar-refractivity contribution in [1.82, 2.24) is 0 Å². The summed E-state index contributed by atoms with van der Waals surface area (Å²) < 4.78 is 5.60. The molecule has 0 heterocycles. The Kier molecular flexibility index (Phi) is 10.9. The molecule has 8 heteroatoms. The second-order valence-electron chi connectivity index (χ2n) is 15.3. The molecule has 0 aliphatic heterocycles. The van der Waals surface area contributed by atoms with Crippen LogP contribution in [0.3, 0.4) is 0 Å². The predicted octanol–water partition coefficient (Wildman–Crippen LogP) is 7.58. The molecule has 1 aromatic rings. The third kappa shape index (κ3) is 6.64. The van der Waals surface area contributed by atoms with Gasteiger partial charge in [-0.15, -0.1) is 0 Å². The number of fused-ring (bicyclic) bond motifs is 2. The van der Waals surface area contributed by atoms with Crippen molar-refractivity contribution >= 4 is 23.1 Å². The number of allylic oxidation sites excluding steroid dienone is 6. The lowest BCUT2D eigenvalue weighted by Gasteiger charge is -2.61. The molecule has 0 amide bonds. The lowest BCUT2D eigenvalue weighted by atomic mass is 9.38. The Morgan fingerprint density at radius 1 is 1.02 bits per heavy atom. The highest BCUT2D eigenvalue weighted by Gasteiger charge is 2.74. The fourth-order valence-corrected chi connectivity index (χ4v) is 7.39. The summed E-state index contributed by atoms with van der Waals surface area (Å²) in [4.78, 5) is 45.3. The van der Waals surface area contributed by atoms with E-state index in [4.69, 9.17) is 4.74 Å². The van der Waals surface area contributed by atoms with E-state index < -0.39 is 74.0 Å². The van der Waals surface area contributed by atoms with E-state index in [1.165, 1.54) is 13.2 Å². The minimum absolute atomic E-state index is 0.00138. The van der Waals surface area contributed by atoms with Gasteiger partial charge in [-0.1, -0.05) is 49.3 Å². The van der Waals surface area contributed by atoms with Gasteiger partial charge < -0.3 is 25.2 Å². The average molecular weight is 651 g/mol. The van der Waals surface area contributed by atoms with E-state index in [9.17, 15) is 25.2 Å². The van der Waals surface area contributed by atoms with Crippen LogP contribution in [0.4, 0.5) is 0 Å². The van der Waals surface area contributed by atoms with Crippen molar-refractivity contribution in [2.24, 2.45) is 28.1 Å². The minimum atomic E-state index is -1.77. The molecule has 2 aliphatic rings. The van der Waals surface area contributed by atoms with Gasteiger partial charge in [-0.25, -0.2) is 0 Å². The Morgan fingerprint density at radius 3 is 2.13 bits per heavy atom. The zero-order valence-corrected chi connectivity index (χ0v) is 29.8. The number of hydrogen-bond acceptors (Lipinski definition) is 8. The van der Waals surface area contributed by atoms with Crippen molar-refractivity contribution in [3.05, 3.63) is 64.8 Å². The highest BCUT2D eigenvalue weighted by molar-refractivity contribution is 6.41. The van der Waals surface area contributed by atoms with Crippen LogP contribution in [0.15, 0.2) is 59.2 Å². The molecule has 0 saturated heterocycles. The van der Waals surface area contributed by atoms with Gasteiger partial charge in [0.1, 0.15) is 16.7 Å². The molecule has 0 radical (unpaired) electrons. The standard InChI is InChI=1S/C39H54O8/c1-22(2)12-13-26(24(5)6)20-38-21-27(19-30(42)37(9,10)47-11)36(7,8)39(35(38)46,17-16-23(3)4)34(45)31(33(38)44)32(43)25-14-15-28(40)29(41)18-25/h12,14-16,18,26-27,30,40-43H,5,13,17,19-21H2,1-4,6-11H3/t26?,27-,30+,38-,39+/m1/s1. The number of carbonyl (C=O) groups is 3. The van der Waals surface area contributed by atoms with Gasteiger partial charge in [0.15, 0.2) is 28.8 Å². The molecule has 2 aliphatic carbocycles. The Hall–Kier alpha value is -3.49. The van der Waals surface area contributed by atoms with Crippen molar-refractivity contribution in [3.63, 3.8) is 0 Å². The van der Waals surface area contributed by atoms with Crippen LogP contribution in [-0.2, 0) is 19.1 Å². The van der Waals surface area contributed by atoms with Crippen molar-refractivity contribution in [2.45, 2.75) is 106 Å². The summed E-state index contributed by atoms with van der Waals surface area (Å²) in [6.45, 7) is 21.0. The van der Waals surface area contributed by atoms with Gasteiger partial charge in [0.05, 0.1) is 17.1 Å².